The van der Waals surface area contributed by atoms with E-state index in [-0.39, 0.29) is 0 Å². The molecule has 3 amide bonds. The van der Waals surface area contributed by atoms with Crippen LogP contribution in [0.25, 0.3) is 0 Å². The van der Waals surface area contributed by atoms with Crippen molar-refractivity contribution in [1.29, 1.82) is 0 Å². The molecule has 0 fully saturated rings. The Hall–Kier alpha value is -2.81. The number of carbonyl (C=O) groups is 3. The third-order valence-electron chi connectivity index (χ3n) is 4.04. The fourth-order valence-corrected chi connectivity index (χ4v) is 3.68. The van der Waals surface area contributed by atoms with Gasteiger partial charge in [-0.25, -0.2) is 9.59 Å². The van der Waals surface area contributed by atoms with E-state index < -0.39 is 29.6 Å². The number of amides is 3. The molecule has 0 saturated carbocycles. The maximum Gasteiger partial charge on any atom is 0.340 e. The highest BCUT2D eigenvalue weighted by Crippen LogP contribution is 2.29. The number of aromatic nitrogens is 1. The van der Waals surface area contributed by atoms with E-state index in [9.17, 15) is 14.4 Å². The van der Waals surface area contributed by atoms with Crippen molar-refractivity contribution < 1.29 is 23.6 Å². The number of nitrogens with zero attached hydrogens (tertiary/aromatic N) is 1. The van der Waals surface area contributed by atoms with Crippen LogP contribution in [0.1, 0.15) is 55.1 Å². The topological polar surface area (TPSA) is 111 Å². The van der Waals surface area contributed by atoms with Crippen molar-refractivity contribution in [2.45, 2.75) is 63.8 Å². The van der Waals surface area contributed by atoms with Crippen LogP contribution in [-0.2, 0) is 15.3 Å². The fourth-order valence-electron chi connectivity index (χ4n) is 2.48. The lowest BCUT2D eigenvalue weighted by molar-refractivity contribution is -0.127. The standard InChI is InChI=1S/C21H27N3O5S/c1-12-16(13(2)29-24-12)11-30-17-10-8-7-9-15(17)19(26)28-14(3)18(25)22-20(27)23-21(4,5)6/h7-10,14H,11H2,1-6H3,(H2,22,23,25,27). The Morgan fingerprint density at radius 3 is 2.47 bits per heavy atom. The number of aryl methyl sites for hydroxylation is 2. The summed E-state index contributed by atoms with van der Waals surface area (Å²) >= 11 is 1.45. The number of thioether (sulfide) groups is 1. The van der Waals surface area contributed by atoms with Crippen LogP contribution >= 0.6 is 11.8 Å². The van der Waals surface area contributed by atoms with Crippen molar-refractivity contribution >= 4 is 29.7 Å². The van der Waals surface area contributed by atoms with Gasteiger partial charge in [0.15, 0.2) is 6.10 Å². The maximum absolute atomic E-state index is 12.6. The minimum atomic E-state index is -1.14. The zero-order valence-electron chi connectivity index (χ0n) is 18.0. The summed E-state index contributed by atoms with van der Waals surface area (Å²) in [6, 6.07) is 6.33. The normalized spacial score (nSPS) is 12.2. The molecule has 1 atom stereocenters. The Morgan fingerprint density at radius 1 is 1.20 bits per heavy atom. The quantitative estimate of drug-likeness (QED) is 0.527. The molecule has 2 N–H and O–H groups in total. The number of rotatable bonds is 6. The molecule has 0 aliphatic carbocycles. The van der Waals surface area contributed by atoms with Crippen LogP contribution in [0.15, 0.2) is 33.7 Å². The van der Waals surface area contributed by atoms with Gasteiger partial charge in [-0.2, -0.15) is 0 Å². The van der Waals surface area contributed by atoms with Gasteiger partial charge in [-0.3, -0.25) is 10.1 Å². The summed E-state index contributed by atoms with van der Waals surface area (Å²) in [4.78, 5) is 37.4. The Kier molecular flexibility index (Phi) is 7.66. The first-order valence-corrected chi connectivity index (χ1v) is 10.4. The fraction of sp³-hybridized carbons (Fsp3) is 0.429. The lowest BCUT2D eigenvalue weighted by Crippen LogP contribution is -2.50. The van der Waals surface area contributed by atoms with E-state index in [1.54, 1.807) is 39.0 Å². The minimum Gasteiger partial charge on any atom is -0.449 e. The molecule has 0 bridgehead atoms. The van der Waals surface area contributed by atoms with Gasteiger partial charge in [0.1, 0.15) is 5.76 Å². The number of hydrogen-bond acceptors (Lipinski definition) is 7. The molecule has 1 heterocycles. The van der Waals surface area contributed by atoms with Gasteiger partial charge in [-0.15, -0.1) is 11.8 Å². The molecule has 0 spiro atoms. The Balaban J connectivity index is 2.01. The number of hydrogen-bond donors (Lipinski definition) is 2. The Bertz CT molecular complexity index is 913. The highest BCUT2D eigenvalue weighted by atomic mass is 32.2. The third kappa shape index (κ3) is 6.62. The van der Waals surface area contributed by atoms with Crippen molar-refractivity contribution in [3.8, 4) is 0 Å². The Labute approximate surface area is 180 Å². The molecule has 1 aromatic carbocycles. The highest BCUT2D eigenvalue weighted by Gasteiger charge is 2.24. The number of ether oxygens (including phenoxy) is 1. The molecule has 8 nitrogen and oxygen atoms in total. The van der Waals surface area contributed by atoms with Gasteiger partial charge in [0.2, 0.25) is 0 Å². The first kappa shape index (κ1) is 23.5. The van der Waals surface area contributed by atoms with Crippen LogP contribution in [0.4, 0.5) is 4.79 Å². The van der Waals surface area contributed by atoms with Crippen LogP contribution in [0, 0.1) is 13.8 Å². The predicted molar refractivity (Wildman–Crippen MR) is 113 cm³/mol. The summed E-state index contributed by atoms with van der Waals surface area (Å²) in [6.07, 6.45) is -1.14. The second kappa shape index (κ2) is 9.80. The molecule has 162 valence electrons. The average Bonchev–Trinajstić information content (AvgIpc) is 2.96. The summed E-state index contributed by atoms with van der Waals surface area (Å²) < 4.78 is 10.4. The lowest BCUT2D eigenvalue weighted by Gasteiger charge is -2.21. The summed E-state index contributed by atoms with van der Waals surface area (Å²) in [6.45, 7) is 10.5. The van der Waals surface area contributed by atoms with Crippen molar-refractivity contribution in [2.24, 2.45) is 0 Å². The van der Waals surface area contributed by atoms with Crippen LogP contribution in [0.3, 0.4) is 0 Å². The van der Waals surface area contributed by atoms with E-state index in [0.717, 1.165) is 17.0 Å². The Morgan fingerprint density at radius 2 is 1.87 bits per heavy atom. The van der Waals surface area contributed by atoms with Crippen molar-refractivity contribution in [2.75, 3.05) is 0 Å². The first-order valence-electron chi connectivity index (χ1n) is 9.45. The van der Waals surface area contributed by atoms with Crippen LogP contribution in [0.2, 0.25) is 0 Å². The SMILES string of the molecule is Cc1noc(C)c1CSc1ccccc1C(=O)OC(C)C(=O)NC(=O)NC(C)(C)C. The number of imide groups is 1. The molecular weight excluding hydrogens is 406 g/mol. The smallest absolute Gasteiger partial charge is 0.340 e. The van der Waals surface area contributed by atoms with Gasteiger partial charge in [-0.1, -0.05) is 17.3 Å². The van der Waals surface area contributed by atoms with E-state index in [0.29, 0.717) is 16.2 Å². The van der Waals surface area contributed by atoms with E-state index in [4.69, 9.17) is 9.26 Å². The number of benzene rings is 1. The molecule has 0 aliphatic rings. The third-order valence-corrected chi connectivity index (χ3v) is 5.14. The van der Waals surface area contributed by atoms with Gasteiger partial charge < -0.3 is 14.6 Å². The van der Waals surface area contributed by atoms with Gasteiger partial charge in [0, 0.05) is 21.8 Å². The monoisotopic (exact) mass is 433 g/mol. The van der Waals surface area contributed by atoms with Crippen molar-refractivity contribution in [3.05, 3.63) is 46.8 Å². The molecule has 9 heteroatoms. The largest absolute Gasteiger partial charge is 0.449 e. The van der Waals surface area contributed by atoms with Crippen LogP contribution in [0.5, 0.6) is 0 Å². The molecule has 30 heavy (non-hydrogen) atoms. The zero-order chi connectivity index (χ0) is 22.5. The van der Waals surface area contributed by atoms with E-state index in [1.165, 1.54) is 18.7 Å². The van der Waals surface area contributed by atoms with E-state index in [2.05, 4.69) is 15.8 Å². The minimum absolute atomic E-state index is 0.341. The summed E-state index contributed by atoms with van der Waals surface area (Å²) in [5.41, 5.74) is 1.62. The number of carbonyl (C=O) groups excluding carboxylic acids is 3. The number of nitrogens with one attached hydrogen (secondary N) is 2. The second-order valence-corrected chi connectivity index (χ2v) is 8.85. The van der Waals surface area contributed by atoms with Gasteiger partial charge in [0.25, 0.3) is 5.91 Å². The molecule has 0 aliphatic heterocycles. The predicted octanol–water partition coefficient (Wildman–Crippen LogP) is 3.75. The maximum atomic E-state index is 12.6. The zero-order valence-corrected chi connectivity index (χ0v) is 18.8. The first-order chi connectivity index (χ1) is 14.0. The number of esters is 1. The molecule has 2 aromatic rings. The molecule has 0 saturated heterocycles. The average molecular weight is 434 g/mol. The van der Waals surface area contributed by atoms with E-state index >= 15 is 0 Å². The molecule has 0 radical (unpaired) electrons. The van der Waals surface area contributed by atoms with Crippen LogP contribution < -0.4 is 10.6 Å². The number of urea groups is 1. The molecule has 1 aromatic heterocycles. The van der Waals surface area contributed by atoms with Gasteiger partial charge in [-0.05, 0) is 53.7 Å². The van der Waals surface area contributed by atoms with Gasteiger partial charge >= 0.3 is 12.0 Å². The van der Waals surface area contributed by atoms with Gasteiger partial charge in [0.05, 0.1) is 11.3 Å². The molecule has 2 rings (SSSR count). The second-order valence-electron chi connectivity index (χ2n) is 7.83. The summed E-state index contributed by atoms with van der Waals surface area (Å²) in [5.74, 6) is -0.0327. The molecular formula is C21H27N3O5S. The van der Waals surface area contributed by atoms with E-state index in [1.807, 2.05) is 19.9 Å². The van der Waals surface area contributed by atoms with Crippen LogP contribution in [-0.4, -0.2) is 34.7 Å². The lowest BCUT2D eigenvalue weighted by atomic mass is 10.1. The summed E-state index contributed by atoms with van der Waals surface area (Å²) in [5, 5.41) is 8.72. The molecule has 1 unspecified atom stereocenters. The van der Waals surface area contributed by atoms with Crippen molar-refractivity contribution in [1.82, 2.24) is 15.8 Å². The van der Waals surface area contributed by atoms with Crippen molar-refractivity contribution in [3.63, 3.8) is 0 Å². The highest BCUT2D eigenvalue weighted by molar-refractivity contribution is 7.98. The summed E-state index contributed by atoms with van der Waals surface area (Å²) in [7, 11) is 0.